The molecule has 158 valence electrons. The summed E-state index contributed by atoms with van der Waals surface area (Å²) in [5.41, 5.74) is 1.60. The molecule has 0 bridgehead atoms. The van der Waals surface area contributed by atoms with Gasteiger partial charge in [-0.05, 0) is 48.9 Å². The fourth-order valence-corrected chi connectivity index (χ4v) is 4.22. The van der Waals surface area contributed by atoms with Gasteiger partial charge in [0.1, 0.15) is 0 Å². The maximum Gasteiger partial charge on any atom is 0.303 e. The summed E-state index contributed by atoms with van der Waals surface area (Å²) in [6.07, 6.45) is 2.76. The monoisotopic (exact) mass is 404 g/mol. The lowest BCUT2D eigenvalue weighted by Crippen LogP contribution is -2.44. The second-order valence-electron chi connectivity index (χ2n) is 7.76. The summed E-state index contributed by atoms with van der Waals surface area (Å²) < 4.78 is 10.7. The Morgan fingerprint density at radius 2 is 1.76 bits per heavy atom. The van der Waals surface area contributed by atoms with Crippen molar-refractivity contribution >= 4 is 17.8 Å². The van der Waals surface area contributed by atoms with Gasteiger partial charge in [-0.1, -0.05) is 0 Å². The second-order valence-corrected chi connectivity index (χ2v) is 7.76. The van der Waals surface area contributed by atoms with Crippen LogP contribution in [-0.4, -0.2) is 54.1 Å². The van der Waals surface area contributed by atoms with E-state index in [0.29, 0.717) is 50.3 Å². The van der Waals surface area contributed by atoms with Crippen LogP contribution < -0.4 is 14.8 Å². The molecule has 2 amide bonds. The fourth-order valence-electron chi connectivity index (χ4n) is 4.22. The van der Waals surface area contributed by atoms with Gasteiger partial charge in [-0.2, -0.15) is 0 Å². The Morgan fingerprint density at radius 3 is 2.34 bits per heavy atom. The zero-order chi connectivity index (χ0) is 21.0. The van der Waals surface area contributed by atoms with Gasteiger partial charge in [0, 0.05) is 37.9 Å². The lowest BCUT2D eigenvalue weighted by Gasteiger charge is -2.32. The van der Waals surface area contributed by atoms with Crippen molar-refractivity contribution in [1.82, 2.24) is 10.2 Å². The van der Waals surface area contributed by atoms with Gasteiger partial charge in [0.15, 0.2) is 11.5 Å². The van der Waals surface area contributed by atoms with E-state index < -0.39 is 11.5 Å². The third-order valence-electron chi connectivity index (χ3n) is 5.94. The number of hydrogen-bond acceptors (Lipinski definition) is 5. The minimum atomic E-state index is -0.895. The van der Waals surface area contributed by atoms with E-state index in [1.165, 1.54) is 0 Å². The number of rotatable bonds is 8. The van der Waals surface area contributed by atoms with Crippen LogP contribution in [0.1, 0.15) is 49.7 Å². The molecule has 1 aromatic carbocycles. The topological polar surface area (TPSA) is 105 Å². The molecule has 0 radical (unpaired) electrons. The molecule has 0 aliphatic carbocycles. The van der Waals surface area contributed by atoms with Crippen LogP contribution in [0.2, 0.25) is 0 Å². The highest BCUT2D eigenvalue weighted by molar-refractivity contribution is 5.80. The van der Waals surface area contributed by atoms with E-state index in [1.54, 1.807) is 14.2 Å². The van der Waals surface area contributed by atoms with Crippen molar-refractivity contribution < 1.29 is 29.0 Å². The summed E-state index contributed by atoms with van der Waals surface area (Å²) in [6, 6.07) is 3.88. The van der Waals surface area contributed by atoms with Crippen molar-refractivity contribution in [2.75, 3.05) is 20.8 Å². The summed E-state index contributed by atoms with van der Waals surface area (Å²) in [4.78, 5) is 37.4. The van der Waals surface area contributed by atoms with Crippen molar-refractivity contribution in [2.45, 2.75) is 57.0 Å². The summed E-state index contributed by atoms with van der Waals surface area (Å²) in [5.74, 6) is 0.371. The zero-order valence-electron chi connectivity index (χ0n) is 17.0. The number of ether oxygens (including phenoxy) is 2. The summed E-state index contributed by atoms with van der Waals surface area (Å²) >= 11 is 0. The lowest BCUT2D eigenvalue weighted by atomic mass is 9.86. The number of carbonyl (C=O) groups is 3. The number of nitrogens with one attached hydrogen (secondary N) is 1. The number of hydrogen-bond donors (Lipinski definition) is 2. The predicted molar refractivity (Wildman–Crippen MR) is 105 cm³/mol. The molecule has 2 aliphatic rings. The van der Waals surface area contributed by atoms with E-state index in [1.807, 2.05) is 17.0 Å². The molecule has 8 heteroatoms. The van der Waals surface area contributed by atoms with Gasteiger partial charge >= 0.3 is 5.97 Å². The maximum atomic E-state index is 12.8. The van der Waals surface area contributed by atoms with Gasteiger partial charge in [0.25, 0.3) is 0 Å². The lowest BCUT2D eigenvalue weighted by molar-refractivity contribution is -0.137. The highest BCUT2D eigenvalue weighted by Crippen LogP contribution is 2.34. The number of nitrogens with zero attached hydrogens (tertiary/aromatic N) is 1. The number of carboxylic acid groups (broad SMARTS) is 1. The molecule has 8 nitrogen and oxygen atoms in total. The highest BCUT2D eigenvalue weighted by Gasteiger charge is 2.38. The van der Waals surface area contributed by atoms with Crippen LogP contribution in [0.4, 0.5) is 0 Å². The molecule has 0 unspecified atom stereocenters. The molecule has 0 aromatic heterocycles. The summed E-state index contributed by atoms with van der Waals surface area (Å²) in [6.45, 7) is 1.12. The highest BCUT2D eigenvalue weighted by atomic mass is 16.5. The zero-order valence-corrected chi connectivity index (χ0v) is 17.0. The largest absolute Gasteiger partial charge is 0.493 e. The number of carboxylic acids is 1. The molecule has 2 N–H and O–H groups in total. The maximum absolute atomic E-state index is 12.8. The Hall–Kier alpha value is -2.77. The molecule has 0 saturated carbocycles. The fraction of sp³-hybridized carbons (Fsp3) is 0.571. The second kappa shape index (κ2) is 8.71. The van der Waals surface area contributed by atoms with E-state index in [0.717, 1.165) is 17.5 Å². The van der Waals surface area contributed by atoms with Gasteiger partial charge in [-0.25, -0.2) is 0 Å². The van der Waals surface area contributed by atoms with E-state index >= 15 is 0 Å². The quantitative estimate of drug-likeness (QED) is 0.685. The molecule has 1 atom stereocenters. The number of methoxy groups -OCH3 is 2. The Kier molecular flexibility index (Phi) is 6.30. The normalized spacial score (nSPS) is 20.8. The van der Waals surface area contributed by atoms with Gasteiger partial charge in [0.2, 0.25) is 11.8 Å². The SMILES string of the molecule is COc1cc2c(cc1OC)CN(C(=O)CC[C@@]1(CCC(=O)O)CCC(=O)N1)CC2. The Bertz CT molecular complexity index is 809. The van der Waals surface area contributed by atoms with Crippen LogP contribution in [0.5, 0.6) is 11.5 Å². The smallest absolute Gasteiger partial charge is 0.303 e. The van der Waals surface area contributed by atoms with Crippen LogP contribution in [-0.2, 0) is 27.3 Å². The van der Waals surface area contributed by atoms with Crippen LogP contribution in [0, 0.1) is 0 Å². The van der Waals surface area contributed by atoms with Crippen molar-refractivity contribution in [3.63, 3.8) is 0 Å². The van der Waals surface area contributed by atoms with Crippen molar-refractivity contribution in [3.05, 3.63) is 23.3 Å². The molecule has 0 spiro atoms. The average molecular weight is 404 g/mol. The van der Waals surface area contributed by atoms with Crippen molar-refractivity contribution in [1.29, 1.82) is 0 Å². The van der Waals surface area contributed by atoms with Crippen LogP contribution in [0.3, 0.4) is 0 Å². The van der Waals surface area contributed by atoms with E-state index in [2.05, 4.69) is 5.32 Å². The molecule has 1 aromatic rings. The standard InChI is InChI=1S/C21H28N2O6/c1-28-16-11-14-6-10-23(13-15(14)12-17(16)29-2)19(25)4-8-21(9-5-20(26)27)7-3-18(24)22-21/h11-12H,3-10,13H2,1-2H3,(H,22,24)(H,26,27)/t21-/m1/s1. The van der Waals surface area contributed by atoms with Gasteiger partial charge in [0.05, 0.1) is 14.2 Å². The van der Waals surface area contributed by atoms with Crippen molar-refractivity contribution in [3.8, 4) is 11.5 Å². The molecular formula is C21H28N2O6. The minimum absolute atomic E-state index is 0.0151. The third-order valence-corrected chi connectivity index (χ3v) is 5.94. The van der Waals surface area contributed by atoms with Crippen LogP contribution in [0.15, 0.2) is 12.1 Å². The summed E-state index contributed by atoms with van der Waals surface area (Å²) in [7, 11) is 3.19. The molecule has 1 fully saturated rings. The molecule has 2 heterocycles. The van der Waals surface area contributed by atoms with Gasteiger partial charge in [-0.15, -0.1) is 0 Å². The van der Waals surface area contributed by atoms with Crippen molar-refractivity contribution in [2.24, 2.45) is 0 Å². The van der Waals surface area contributed by atoms with Gasteiger partial charge in [-0.3, -0.25) is 14.4 Å². The third kappa shape index (κ3) is 4.81. The first-order chi connectivity index (χ1) is 13.9. The Labute approximate surface area is 170 Å². The number of benzene rings is 1. The number of aliphatic carboxylic acids is 1. The van der Waals surface area contributed by atoms with E-state index in [9.17, 15) is 14.4 Å². The Balaban J connectivity index is 1.64. The van der Waals surface area contributed by atoms with E-state index in [-0.39, 0.29) is 24.7 Å². The van der Waals surface area contributed by atoms with Crippen LogP contribution in [0.25, 0.3) is 0 Å². The van der Waals surface area contributed by atoms with Gasteiger partial charge < -0.3 is 24.8 Å². The first-order valence-corrected chi connectivity index (χ1v) is 9.90. The number of fused-ring (bicyclic) bond motifs is 1. The predicted octanol–water partition coefficient (Wildman–Crippen LogP) is 1.88. The van der Waals surface area contributed by atoms with Crippen LogP contribution >= 0.6 is 0 Å². The number of amides is 2. The molecule has 29 heavy (non-hydrogen) atoms. The molecular weight excluding hydrogens is 376 g/mol. The first-order valence-electron chi connectivity index (χ1n) is 9.90. The molecule has 1 saturated heterocycles. The van der Waals surface area contributed by atoms with E-state index in [4.69, 9.17) is 14.6 Å². The minimum Gasteiger partial charge on any atom is -0.493 e. The average Bonchev–Trinajstić information content (AvgIpc) is 3.10. The Morgan fingerprint density at radius 1 is 1.10 bits per heavy atom. The molecule has 3 rings (SSSR count). The molecule has 2 aliphatic heterocycles. The first kappa shape index (κ1) is 21.0. The number of carbonyl (C=O) groups excluding carboxylic acids is 2. The summed E-state index contributed by atoms with van der Waals surface area (Å²) in [5, 5.41) is 11.9.